The second-order valence-corrected chi connectivity index (χ2v) is 2.29. The molecule has 1 aromatic heterocycles. The van der Waals surface area contributed by atoms with Crippen LogP contribution in [-0.2, 0) is 0 Å². The molecule has 2 aromatic rings. The maximum atomic E-state index is 10.9. The van der Waals surface area contributed by atoms with Crippen LogP contribution in [0.25, 0.3) is 11.0 Å². The molecule has 0 aliphatic carbocycles. The molecule has 0 saturated heterocycles. The minimum Gasteiger partial charge on any atom is -0.619 e. The first-order valence-electron chi connectivity index (χ1n) is 3.28. The van der Waals surface area contributed by atoms with Gasteiger partial charge in [0, 0.05) is 6.07 Å². The number of hydrogen-bond donors (Lipinski definition) is 0. The standard InChI is InChI=1S/C7H5N3O2/c1-10(11)6-4-2-3-5-7(6)9-12-8-5/h2-4H,1H2. The van der Waals surface area contributed by atoms with Crippen molar-refractivity contribution in [2.45, 2.75) is 0 Å². The second-order valence-electron chi connectivity index (χ2n) is 2.29. The predicted octanol–water partition coefficient (Wildman–Crippen LogP) is 1.07. The Labute approximate surface area is 67.5 Å². The van der Waals surface area contributed by atoms with Gasteiger partial charge in [0.25, 0.3) is 0 Å². The molecule has 0 unspecified atom stereocenters. The van der Waals surface area contributed by atoms with Crippen molar-refractivity contribution in [2.24, 2.45) is 0 Å². The lowest BCUT2D eigenvalue weighted by Gasteiger charge is -1.97. The molecule has 60 valence electrons. The molecule has 1 heterocycles. The Morgan fingerprint density at radius 3 is 3.00 bits per heavy atom. The topological polar surface area (TPSA) is 65.0 Å². The highest BCUT2D eigenvalue weighted by atomic mass is 16.6. The number of aromatic nitrogens is 2. The van der Waals surface area contributed by atoms with Crippen LogP contribution in [0.1, 0.15) is 0 Å². The van der Waals surface area contributed by atoms with E-state index in [1.54, 1.807) is 18.2 Å². The molecular weight excluding hydrogens is 158 g/mol. The lowest BCUT2D eigenvalue weighted by atomic mass is 10.3. The average molecular weight is 163 g/mol. The molecule has 5 heteroatoms. The molecular formula is C7H5N3O2. The van der Waals surface area contributed by atoms with E-state index >= 15 is 0 Å². The molecule has 0 fully saturated rings. The molecule has 0 atom stereocenters. The number of hydrogen-bond acceptors (Lipinski definition) is 4. The molecule has 0 aliphatic rings. The maximum absolute atomic E-state index is 10.9. The van der Waals surface area contributed by atoms with Gasteiger partial charge in [-0.25, -0.2) is 4.63 Å². The Bertz CT molecular complexity index is 435. The third-order valence-corrected chi connectivity index (χ3v) is 1.53. The van der Waals surface area contributed by atoms with Gasteiger partial charge in [0.15, 0.2) is 0 Å². The molecule has 0 saturated carbocycles. The molecule has 0 N–H and O–H groups in total. The van der Waals surface area contributed by atoms with Crippen molar-refractivity contribution in [3.8, 4) is 0 Å². The van der Waals surface area contributed by atoms with E-state index < -0.39 is 0 Å². The average Bonchev–Trinajstić information content (AvgIpc) is 2.49. The normalized spacial score (nSPS) is 10.3. The minimum atomic E-state index is 0.355. The number of nitrogens with zero attached hydrogens (tertiary/aromatic N) is 3. The minimum absolute atomic E-state index is 0.355. The van der Waals surface area contributed by atoms with Gasteiger partial charge in [0.05, 0.1) is 0 Å². The summed E-state index contributed by atoms with van der Waals surface area (Å²) in [5, 5.41) is 18.0. The van der Waals surface area contributed by atoms with Crippen LogP contribution in [0.2, 0.25) is 0 Å². The van der Waals surface area contributed by atoms with Crippen LogP contribution in [0.4, 0.5) is 5.69 Å². The monoisotopic (exact) mass is 163 g/mol. The van der Waals surface area contributed by atoms with E-state index in [1.807, 2.05) is 0 Å². The van der Waals surface area contributed by atoms with Crippen molar-refractivity contribution in [2.75, 3.05) is 0 Å². The summed E-state index contributed by atoms with van der Waals surface area (Å²) in [6.07, 6.45) is 0. The highest BCUT2D eigenvalue weighted by Crippen LogP contribution is 2.20. The fraction of sp³-hybridized carbons (Fsp3) is 0. The third kappa shape index (κ3) is 0.833. The zero-order valence-corrected chi connectivity index (χ0v) is 6.10. The van der Waals surface area contributed by atoms with Crippen molar-refractivity contribution in [1.29, 1.82) is 0 Å². The third-order valence-electron chi connectivity index (χ3n) is 1.53. The summed E-state index contributed by atoms with van der Waals surface area (Å²) in [6.45, 7) is 3.21. The fourth-order valence-corrected chi connectivity index (χ4v) is 0.993. The summed E-state index contributed by atoms with van der Waals surface area (Å²) in [5.74, 6) is 0. The largest absolute Gasteiger partial charge is 0.619 e. The molecule has 5 nitrogen and oxygen atoms in total. The van der Waals surface area contributed by atoms with Gasteiger partial charge < -0.3 is 5.21 Å². The summed E-state index contributed by atoms with van der Waals surface area (Å²) < 4.78 is 4.94. The van der Waals surface area contributed by atoms with Crippen LogP contribution in [0.3, 0.4) is 0 Å². The molecule has 0 bridgehead atoms. The van der Waals surface area contributed by atoms with Crippen molar-refractivity contribution in [1.82, 2.24) is 10.3 Å². The quantitative estimate of drug-likeness (QED) is 0.273. The lowest BCUT2D eigenvalue weighted by Crippen LogP contribution is -1.90. The highest BCUT2D eigenvalue weighted by molar-refractivity contribution is 5.83. The van der Waals surface area contributed by atoms with Gasteiger partial charge in [-0.15, -0.1) is 0 Å². The van der Waals surface area contributed by atoms with Gasteiger partial charge in [-0.2, -0.15) is 4.74 Å². The van der Waals surface area contributed by atoms with Gasteiger partial charge >= 0.3 is 0 Å². The van der Waals surface area contributed by atoms with E-state index in [0.717, 1.165) is 0 Å². The van der Waals surface area contributed by atoms with Crippen LogP contribution in [-0.4, -0.2) is 21.8 Å². The number of fused-ring (bicyclic) bond motifs is 1. The van der Waals surface area contributed by atoms with Crippen LogP contribution in [0.5, 0.6) is 0 Å². The lowest BCUT2D eigenvalue weighted by molar-refractivity contribution is -0.348. The summed E-state index contributed by atoms with van der Waals surface area (Å²) in [7, 11) is 0. The van der Waals surface area contributed by atoms with Gasteiger partial charge in [0.1, 0.15) is 12.2 Å². The smallest absolute Gasteiger partial charge is 0.247 e. The maximum Gasteiger partial charge on any atom is 0.247 e. The Balaban J connectivity index is 2.82. The van der Waals surface area contributed by atoms with E-state index in [2.05, 4.69) is 21.7 Å². The van der Waals surface area contributed by atoms with E-state index in [0.29, 0.717) is 21.5 Å². The first kappa shape index (κ1) is 6.78. The Morgan fingerprint density at radius 2 is 2.25 bits per heavy atom. The zero-order chi connectivity index (χ0) is 8.55. The Morgan fingerprint density at radius 1 is 1.42 bits per heavy atom. The molecule has 0 radical (unpaired) electrons. The van der Waals surface area contributed by atoms with E-state index in [-0.39, 0.29) is 0 Å². The van der Waals surface area contributed by atoms with Crippen molar-refractivity contribution >= 4 is 23.4 Å². The van der Waals surface area contributed by atoms with Gasteiger partial charge in [0.2, 0.25) is 11.2 Å². The summed E-state index contributed by atoms with van der Waals surface area (Å²) >= 11 is 0. The highest BCUT2D eigenvalue weighted by Gasteiger charge is 2.10. The number of benzene rings is 1. The van der Waals surface area contributed by atoms with Crippen LogP contribution < -0.4 is 0 Å². The molecule has 2 rings (SSSR count). The number of rotatable bonds is 1. The summed E-state index contributed by atoms with van der Waals surface area (Å²) in [5.41, 5.74) is 1.34. The van der Waals surface area contributed by atoms with E-state index in [1.165, 1.54) is 0 Å². The summed E-state index contributed by atoms with van der Waals surface area (Å²) in [6, 6.07) is 5.00. The first-order valence-corrected chi connectivity index (χ1v) is 3.28. The SMILES string of the molecule is C=[N+]([O-])c1cccc2nonc12. The second kappa shape index (κ2) is 2.30. The molecule has 0 amide bonds. The van der Waals surface area contributed by atoms with Crippen molar-refractivity contribution < 1.29 is 9.37 Å². The van der Waals surface area contributed by atoms with Crippen molar-refractivity contribution in [3.05, 3.63) is 23.4 Å². The van der Waals surface area contributed by atoms with Crippen molar-refractivity contribution in [3.63, 3.8) is 0 Å². The molecule has 1 aromatic carbocycles. The van der Waals surface area contributed by atoms with Gasteiger partial charge in [-0.1, -0.05) is 6.07 Å². The summed E-state index contributed by atoms with van der Waals surface area (Å²) in [4.78, 5) is 0. The predicted molar refractivity (Wildman–Crippen MR) is 42.2 cm³/mol. The van der Waals surface area contributed by atoms with Crippen LogP contribution >= 0.6 is 0 Å². The molecule has 12 heavy (non-hydrogen) atoms. The van der Waals surface area contributed by atoms with Crippen LogP contribution in [0, 0.1) is 5.21 Å². The van der Waals surface area contributed by atoms with Crippen LogP contribution in [0.15, 0.2) is 22.8 Å². The van der Waals surface area contributed by atoms with E-state index in [4.69, 9.17) is 0 Å². The van der Waals surface area contributed by atoms with E-state index in [9.17, 15) is 5.21 Å². The Hall–Kier alpha value is -1.91. The molecule has 0 aliphatic heterocycles. The van der Waals surface area contributed by atoms with Gasteiger partial charge in [-0.3, -0.25) is 0 Å². The van der Waals surface area contributed by atoms with Gasteiger partial charge in [-0.05, 0) is 16.4 Å². The first-order chi connectivity index (χ1) is 5.79. The Kier molecular flexibility index (Phi) is 1.30. The molecule has 0 spiro atoms. The zero-order valence-electron chi connectivity index (χ0n) is 6.10. The fourth-order valence-electron chi connectivity index (χ4n) is 0.993.